The Labute approximate surface area is 117 Å². The number of anilines is 1. The van der Waals surface area contributed by atoms with E-state index in [9.17, 15) is 13.2 Å². The fraction of sp³-hybridized carbons (Fsp3) is 0.417. The predicted octanol–water partition coefficient (Wildman–Crippen LogP) is -0.331. The molecular weight excluding hydrogens is 282 g/mol. The molecule has 0 fully saturated rings. The number of likely N-dealkylation sites (N-methyl/N-ethyl adjacent to an activating group) is 1. The van der Waals surface area contributed by atoms with Crippen molar-refractivity contribution in [2.24, 2.45) is 5.73 Å². The van der Waals surface area contributed by atoms with Gasteiger partial charge in [-0.25, -0.2) is 13.1 Å². The van der Waals surface area contributed by atoms with Gasteiger partial charge in [-0.1, -0.05) is 0 Å². The van der Waals surface area contributed by atoms with E-state index in [1.807, 2.05) is 6.92 Å². The van der Waals surface area contributed by atoms with Gasteiger partial charge in [0.25, 0.3) is 5.91 Å². The molecule has 0 unspecified atom stereocenters. The minimum Gasteiger partial charge on any atom is -0.482 e. The second kappa shape index (κ2) is 5.78. The van der Waals surface area contributed by atoms with E-state index in [-0.39, 0.29) is 30.5 Å². The number of rotatable bonds is 5. The highest BCUT2D eigenvalue weighted by Crippen LogP contribution is 2.33. The summed E-state index contributed by atoms with van der Waals surface area (Å²) in [6, 6.07) is 4.44. The Bertz CT molecular complexity index is 615. The van der Waals surface area contributed by atoms with Gasteiger partial charge in [0, 0.05) is 19.6 Å². The van der Waals surface area contributed by atoms with Gasteiger partial charge in [0.2, 0.25) is 10.0 Å². The molecule has 0 atom stereocenters. The summed E-state index contributed by atoms with van der Waals surface area (Å²) in [7, 11) is -3.63. The largest absolute Gasteiger partial charge is 0.482 e. The molecule has 0 bridgehead atoms. The van der Waals surface area contributed by atoms with Crippen LogP contribution in [0.5, 0.6) is 5.75 Å². The summed E-state index contributed by atoms with van der Waals surface area (Å²) >= 11 is 0. The highest BCUT2D eigenvalue weighted by Gasteiger charge is 2.26. The zero-order valence-electron chi connectivity index (χ0n) is 11.1. The lowest BCUT2D eigenvalue weighted by Crippen LogP contribution is -2.38. The van der Waals surface area contributed by atoms with Crippen molar-refractivity contribution in [2.75, 3.05) is 31.1 Å². The van der Waals surface area contributed by atoms with E-state index in [1.165, 1.54) is 17.0 Å². The molecule has 1 aromatic rings. The molecule has 0 aliphatic carbocycles. The molecule has 20 heavy (non-hydrogen) atoms. The second-order valence-electron chi connectivity index (χ2n) is 4.24. The molecule has 1 heterocycles. The van der Waals surface area contributed by atoms with Gasteiger partial charge in [0.05, 0.1) is 10.6 Å². The number of benzene rings is 1. The van der Waals surface area contributed by atoms with Crippen LogP contribution >= 0.6 is 0 Å². The van der Waals surface area contributed by atoms with Crippen molar-refractivity contribution in [1.82, 2.24) is 4.72 Å². The maximum absolute atomic E-state index is 12.0. The van der Waals surface area contributed by atoms with Crippen LogP contribution in [-0.4, -0.2) is 40.6 Å². The quantitative estimate of drug-likeness (QED) is 0.775. The first kappa shape index (κ1) is 14.8. The average molecular weight is 299 g/mol. The fourth-order valence-corrected chi connectivity index (χ4v) is 3.04. The first-order valence-electron chi connectivity index (χ1n) is 6.26. The summed E-state index contributed by atoms with van der Waals surface area (Å²) in [6.07, 6.45) is 0. The van der Waals surface area contributed by atoms with Gasteiger partial charge >= 0.3 is 0 Å². The van der Waals surface area contributed by atoms with Crippen molar-refractivity contribution in [3.63, 3.8) is 0 Å². The van der Waals surface area contributed by atoms with Crippen LogP contribution in [0.3, 0.4) is 0 Å². The van der Waals surface area contributed by atoms with Crippen molar-refractivity contribution in [3.05, 3.63) is 18.2 Å². The number of amides is 1. The molecule has 0 saturated carbocycles. The number of nitrogens with two attached hydrogens (primary N) is 1. The van der Waals surface area contributed by atoms with Crippen LogP contribution in [-0.2, 0) is 14.8 Å². The number of hydrogen-bond acceptors (Lipinski definition) is 5. The van der Waals surface area contributed by atoms with Crippen molar-refractivity contribution in [3.8, 4) is 5.75 Å². The Morgan fingerprint density at radius 1 is 1.45 bits per heavy atom. The fourth-order valence-electron chi connectivity index (χ4n) is 1.97. The van der Waals surface area contributed by atoms with E-state index >= 15 is 0 Å². The van der Waals surface area contributed by atoms with E-state index in [0.29, 0.717) is 18.0 Å². The first-order valence-corrected chi connectivity index (χ1v) is 7.75. The van der Waals surface area contributed by atoms with Crippen LogP contribution in [0.4, 0.5) is 5.69 Å². The summed E-state index contributed by atoms with van der Waals surface area (Å²) in [6.45, 7) is 2.62. The van der Waals surface area contributed by atoms with E-state index in [0.717, 1.165) is 0 Å². The van der Waals surface area contributed by atoms with Crippen LogP contribution in [0.2, 0.25) is 0 Å². The maximum Gasteiger partial charge on any atom is 0.265 e. The summed E-state index contributed by atoms with van der Waals surface area (Å²) in [5.41, 5.74) is 5.76. The topological polar surface area (TPSA) is 102 Å². The number of fused-ring (bicyclic) bond motifs is 1. The zero-order valence-corrected chi connectivity index (χ0v) is 11.9. The summed E-state index contributed by atoms with van der Waals surface area (Å²) in [5.74, 6) is 0.314. The molecule has 1 amide bonds. The number of ether oxygens (including phenoxy) is 1. The molecule has 1 aromatic carbocycles. The van der Waals surface area contributed by atoms with Crippen molar-refractivity contribution < 1.29 is 17.9 Å². The lowest BCUT2D eigenvalue weighted by Gasteiger charge is -2.28. The number of nitrogens with one attached hydrogen (secondary N) is 1. The van der Waals surface area contributed by atoms with Crippen LogP contribution < -0.4 is 20.1 Å². The number of carbonyl (C=O) groups excluding carboxylic acids is 1. The zero-order chi connectivity index (χ0) is 14.8. The van der Waals surface area contributed by atoms with Gasteiger partial charge in [-0.15, -0.1) is 0 Å². The Hall–Kier alpha value is -1.64. The summed E-state index contributed by atoms with van der Waals surface area (Å²) in [5, 5.41) is 0. The first-order chi connectivity index (χ1) is 9.49. The Morgan fingerprint density at radius 2 is 2.20 bits per heavy atom. The van der Waals surface area contributed by atoms with Gasteiger partial charge in [-0.05, 0) is 25.1 Å². The van der Waals surface area contributed by atoms with Crippen molar-refractivity contribution >= 4 is 21.6 Å². The average Bonchev–Trinajstić information content (AvgIpc) is 2.44. The number of sulfonamides is 1. The van der Waals surface area contributed by atoms with Crippen LogP contribution in [0, 0.1) is 0 Å². The maximum atomic E-state index is 12.0. The third-order valence-corrected chi connectivity index (χ3v) is 4.40. The van der Waals surface area contributed by atoms with Crippen molar-refractivity contribution in [2.45, 2.75) is 11.8 Å². The molecule has 3 N–H and O–H groups in total. The predicted molar refractivity (Wildman–Crippen MR) is 74.2 cm³/mol. The minimum atomic E-state index is -3.63. The van der Waals surface area contributed by atoms with Crippen LogP contribution in [0.15, 0.2) is 23.1 Å². The second-order valence-corrected chi connectivity index (χ2v) is 6.01. The van der Waals surface area contributed by atoms with Gasteiger partial charge in [0.1, 0.15) is 5.75 Å². The smallest absolute Gasteiger partial charge is 0.265 e. The van der Waals surface area contributed by atoms with Gasteiger partial charge in [-0.2, -0.15) is 0 Å². The highest BCUT2D eigenvalue weighted by atomic mass is 32.2. The van der Waals surface area contributed by atoms with E-state index in [1.54, 1.807) is 6.07 Å². The standard InChI is InChI=1S/C12H17N3O4S/c1-2-15-10-7-9(20(17,18)14-6-5-13)3-4-11(10)19-8-12(15)16/h3-4,7,14H,2,5-6,8,13H2,1H3. The van der Waals surface area contributed by atoms with E-state index in [4.69, 9.17) is 10.5 Å². The number of hydrogen-bond donors (Lipinski definition) is 2. The lowest BCUT2D eigenvalue weighted by atomic mass is 10.2. The molecule has 1 aliphatic rings. The molecule has 7 nitrogen and oxygen atoms in total. The minimum absolute atomic E-state index is 0.0294. The van der Waals surface area contributed by atoms with Gasteiger partial charge < -0.3 is 15.4 Å². The third kappa shape index (κ3) is 2.77. The molecule has 0 spiro atoms. The van der Waals surface area contributed by atoms with Crippen molar-refractivity contribution in [1.29, 1.82) is 0 Å². The number of nitrogens with zero attached hydrogens (tertiary/aromatic N) is 1. The molecule has 0 saturated heterocycles. The van der Waals surface area contributed by atoms with Crippen LogP contribution in [0.25, 0.3) is 0 Å². The molecule has 1 aliphatic heterocycles. The third-order valence-electron chi connectivity index (χ3n) is 2.94. The molecular formula is C12H17N3O4S. The Balaban J connectivity index is 2.40. The molecule has 110 valence electrons. The molecule has 0 aromatic heterocycles. The van der Waals surface area contributed by atoms with Gasteiger partial charge in [-0.3, -0.25) is 4.79 Å². The van der Waals surface area contributed by atoms with E-state index < -0.39 is 10.0 Å². The molecule has 8 heteroatoms. The highest BCUT2D eigenvalue weighted by molar-refractivity contribution is 7.89. The monoisotopic (exact) mass is 299 g/mol. The Morgan fingerprint density at radius 3 is 2.85 bits per heavy atom. The summed E-state index contributed by atoms with van der Waals surface area (Å²) < 4.78 is 31.8. The Kier molecular flexibility index (Phi) is 4.26. The SMILES string of the molecule is CCN1C(=O)COc2ccc(S(=O)(=O)NCCN)cc21. The normalized spacial score (nSPS) is 14.9. The molecule has 0 radical (unpaired) electrons. The molecule has 2 rings (SSSR count). The number of carbonyl (C=O) groups is 1. The van der Waals surface area contributed by atoms with Gasteiger partial charge in [0.15, 0.2) is 6.61 Å². The van der Waals surface area contributed by atoms with Crippen LogP contribution in [0.1, 0.15) is 6.92 Å². The summed E-state index contributed by atoms with van der Waals surface area (Å²) in [4.78, 5) is 13.3. The lowest BCUT2D eigenvalue weighted by molar-refractivity contribution is -0.121. The van der Waals surface area contributed by atoms with E-state index in [2.05, 4.69) is 4.72 Å².